The van der Waals surface area contributed by atoms with Crippen molar-refractivity contribution in [1.82, 2.24) is 4.31 Å². The van der Waals surface area contributed by atoms with Crippen molar-refractivity contribution in [1.29, 1.82) is 0 Å². The van der Waals surface area contributed by atoms with Gasteiger partial charge in [-0.2, -0.15) is 0 Å². The van der Waals surface area contributed by atoms with Gasteiger partial charge in [0.2, 0.25) is 5.91 Å². The summed E-state index contributed by atoms with van der Waals surface area (Å²) in [7, 11) is 1.78. The fourth-order valence-electron chi connectivity index (χ4n) is 1.19. The Morgan fingerprint density at radius 2 is 2.42 bits per heavy atom. The zero-order valence-corrected chi connectivity index (χ0v) is 7.77. The molecule has 0 fully saturated rings. The minimum atomic E-state index is 0.0989. The highest BCUT2D eigenvalue weighted by atomic mass is 32.2. The van der Waals surface area contributed by atoms with E-state index >= 15 is 0 Å². The summed E-state index contributed by atoms with van der Waals surface area (Å²) >= 11 is 1.43. The molecule has 12 heavy (non-hydrogen) atoms. The van der Waals surface area contributed by atoms with Crippen LogP contribution in [0.5, 0.6) is 0 Å². The fraction of sp³-hybridized carbons (Fsp3) is 0.375. The van der Waals surface area contributed by atoms with Crippen LogP contribution in [0.4, 0.5) is 0 Å². The smallest absolute Gasteiger partial charge is 0.240 e. The summed E-state index contributed by atoms with van der Waals surface area (Å²) in [5.74, 6) is 1.78. The van der Waals surface area contributed by atoms with Crippen LogP contribution in [-0.4, -0.2) is 17.3 Å². The first-order chi connectivity index (χ1) is 5.66. The molecule has 4 heteroatoms. The molecule has 0 atom stereocenters. The Labute approximate surface area is 74.9 Å². The van der Waals surface area contributed by atoms with Gasteiger partial charge >= 0.3 is 0 Å². The second kappa shape index (κ2) is 2.55. The van der Waals surface area contributed by atoms with Crippen LogP contribution in [0, 0.1) is 6.92 Å². The van der Waals surface area contributed by atoms with Gasteiger partial charge in [0.25, 0.3) is 0 Å². The monoisotopic (exact) mass is 183 g/mol. The number of carbonyl (C=O) groups is 1. The first kappa shape index (κ1) is 7.73. The number of likely N-dealkylation sites (N-methyl/N-ethyl adjacent to an activating group) is 1. The number of nitrogens with zero attached hydrogens (tertiary/aromatic N) is 1. The molecule has 1 amide bonds. The summed E-state index contributed by atoms with van der Waals surface area (Å²) in [5.41, 5.74) is 0. The largest absolute Gasteiger partial charge is 0.465 e. The zero-order valence-electron chi connectivity index (χ0n) is 6.96. The topological polar surface area (TPSA) is 33.5 Å². The lowest BCUT2D eigenvalue weighted by molar-refractivity contribution is -0.125. The lowest BCUT2D eigenvalue weighted by Gasteiger charge is -2.19. The first-order valence-electron chi connectivity index (χ1n) is 3.70. The Balaban J connectivity index is 2.39. The van der Waals surface area contributed by atoms with Gasteiger partial charge in [-0.15, -0.1) is 0 Å². The Kier molecular flexibility index (Phi) is 1.65. The maximum Gasteiger partial charge on any atom is 0.240 e. The fourth-order valence-corrected chi connectivity index (χ4v) is 2.08. The molecule has 0 spiro atoms. The van der Waals surface area contributed by atoms with Crippen molar-refractivity contribution in [2.24, 2.45) is 0 Å². The van der Waals surface area contributed by atoms with Crippen LogP contribution in [0.25, 0.3) is 0 Å². The number of aryl methyl sites for hydroxylation is 1. The predicted molar refractivity (Wildman–Crippen MR) is 45.8 cm³/mol. The molecule has 2 heterocycles. The minimum absolute atomic E-state index is 0.0989. The molecule has 1 aromatic heterocycles. The highest BCUT2D eigenvalue weighted by Gasteiger charge is 2.24. The highest BCUT2D eigenvalue weighted by molar-refractivity contribution is 7.97. The van der Waals surface area contributed by atoms with Crippen LogP contribution in [0.1, 0.15) is 11.5 Å². The van der Waals surface area contributed by atoms with Crippen LogP contribution >= 0.6 is 11.9 Å². The number of hydrogen-bond acceptors (Lipinski definition) is 3. The summed E-state index contributed by atoms with van der Waals surface area (Å²) in [5, 5.41) is 0. The molecule has 3 nitrogen and oxygen atoms in total. The summed E-state index contributed by atoms with van der Waals surface area (Å²) in [4.78, 5) is 12.3. The third-order valence-electron chi connectivity index (χ3n) is 1.79. The number of amides is 1. The quantitative estimate of drug-likeness (QED) is 0.573. The number of rotatable bonds is 0. The van der Waals surface area contributed by atoms with Gasteiger partial charge in [-0.1, -0.05) is 0 Å². The van der Waals surface area contributed by atoms with Crippen molar-refractivity contribution in [2.75, 3.05) is 7.05 Å². The lowest BCUT2D eigenvalue weighted by atomic mass is 10.3. The van der Waals surface area contributed by atoms with E-state index in [1.165, 1.54) is 11.9 Å². The normalized spacial score (nSPS) is 16.5. The van der Waals surface area contributed by atoms with E-state index in [-0.39, 0.29) is 5.91 Å². The van der Waals surface area contributed by atoms with Crippen molar-refractivity contribution in [2.45, 2.75) is 18.2 Å². The van der Waals surface area contributed by atoms with Gasteiger partial charge in [-0.25, -0.2) is 0 Å². The van der Waals surface area contributed by atoms with Crippen LogP contribution in [0.3, 0.4) is 0 Å². The van der Waals surface area contributed by atoms with Gasteiger partial charge < -0.3 is 4.42 Å². The molecule has 0 aliphatic carbocycles. The van der Waals surface area contributed by atoms with Crippen LogP contribution in [0.2, 0.25) is 0 Å². The van der Waals surface area contributed by atoms with Crippen molar-refractivity contribution in [3.63, 3.8) is 0 Å². The lowest BCUT2D eigenvalue weighted by Crippen LogP contribution is -2.24. The SMILES string of the molecule is Cc1cc2c(o1)CC(=O)N(C)S2. The molecule has 1 aromatic rings. The van der Waals surface area contributed by atoms with Crippen molar-refractivity contribution < 1.29 is 9.21 Å². The second-order valence-corrected chi connectivity index (χ2v) is 3.97. The van der Waals surface area contributed by atoms with Crippen LogP contribution in [-0.2, 0) is 11.2 Å². The van der Waals surface area contributed by atoms with E-state index in [9.17, 15) is 4.79 Å². The average molecular weight is 183 g/mol. The molecular formula is C8H9NO2S. The maximum atomic E-state index is 11.2. The summed E-state index contributed by atoms with van der Waals surface area (Å²) < 4.78 is 6.99. The zero-order chi connectivity index (χ0) is 8.72. The van der Waals surface area contributed by atoms with Gasteiger partial charge in [0.15, 0.2) is 0 Å². The summed E-state index contributed by atoms with van der Waals surface area (Å²) in [6.45, 7) is 1.89. The van der Waals surface area contributed by atoms with Crippen molar-refractivity contribution >= 4 is 17.9 Å². The molecule has 0 bridgehead atoms. The Morgan fingerprint density at radius 1 is 1.67 bits per heavy atom. The maximum absolute atomic E-state index is 11.2. The Morgan fingerprint density at radius 3 is 3.17 bits per heavy atom. The average Bonchev–Trinajstić information content (AvgIpc) is 2.30. The van der Waals surface area contributed by atoms with E-state index in [0.29, 0.717) is 6.42 Å². The van der Waals surface area contributed by atoms with E-state index in [1.54, 1.807) is 11.4 Å². The van der Waals surface area contributed by atoms with Crippen molar-refractivity contribution in [3.05, 3.63) is 17.6 Å². The van der Waals surface area contributed by atoms with E-state index in [0.717, 1.165) is 16.4 Å². The number of carbonyl (C=O) groups excluding carboxylic acids is 1. The molecule has 64 valence electrons. The summed E-state index contributed by atoms with van der Waals surface area (Å²) in [6, 6.07) is 1.96. The molecule has 0 N–H and O–H groups in total. The van der Waals surface area contributed by atoms with Gasteiger partial charge in [-0.05, 0) is 24.9 Å². The number of fused-ring (bicyclic) bond motifs is 1. The van der Waals surface area contributed by atoms with E-state index in [2.05, 4.69) is 0 Å². The minimum Gasteiger partial charge on any atom is -0.465 e. The molecule has 1 aliphatic rings. The highest BCUT2D eigenvalue weighted by Crippen LogP contribution is 2.33. The molecular weight excluding hydrogens is 174 g/mol. The number of furan rings is 1. The molecule has 0 radical (unpaired) electrons. The van der Waals surface area contributed by atoms with Crippen LogP contribution in [0.15, 0.2) is 15.4 Å². The molecule has 2 rings (SSSR count). The molecule has 1 aliphatic heterocycles. The van der Waals surface area contributed by atoms with E-state index in [4.69, 9.17) is 4.42 Å². The predicted octanol–water partition coefficient (Wildman–Crippen LogP) is 1.61. The molecule has 0 unspecified atom stereocenters. The molecule has 0 aromatic carbocycles. The Hall–Kier alpha value is -0.900. The first-order valence-corrected chi connectivity index (χ1v) is 4.48. The van der Waals surface area contributed by atoms with Gasteiger partial charge in [0, 0.05) is 7.05 Å². The Bertz CT molecular complexity index is 332. The van der Waals surface area contributed by atoms with Gasteiger partial charge in [0.1, 0.15) is 11.5 Å². The molecule has 0 saturated heterocycles. The summed E-state index contributed by atoms with van der Waals surface area (Å²) in [6.07, 6.45) is 0.396. The van der Waals surface area contributed by atoms with Crippen molar-refractivity contribution in [3.8, 4) is 0 Å². The van der Waals surface area contributed by atoms with Gasteiger partial charge in [-0.3, -0.25) is 9.10 Å². The standard InChI is InChI=1S/C8H9NO2S/c1-5-3-7-6(11-5)4-8(10)9(2)12-7/h3H,4H2,1-2H3. The molecule has 0 saturated carbocycles. The van der Waals surface area contributed by atoms with E-state index in [1.807, 2.05) is 13.0 Å². The van der Waals surface area contributed by atoms with Gasteiger partial charge in [0.05, 0.1) is 11.3 Å². The third kappa shape index (κ3) is 1.12. The second-order valence-electron chi connectivity index (χ2n) is 2.80. The van der Waals surface area contributed by atoms with E-state index < -0.39 is 0 Å². The number of hydrogen-bond donors (Lipinski definition) is 0. The van der Waals surface area contributed by atoms with Crippen LogP contribution < -0.4 is 0 Å². The third-order valence-corrected chi connectivity index (χ3v) is 2.81.